The second-order valence-electron chi connectivity index (χ2n) is 7.70. The van der Waals surface area contributed by atoms with Crippen molar-refractivity contribution in [1.82, 2.24) is 10.2 Å². The molecule has 0 N–H and O–H groups in total. The molecule has 0 saturated carbocycles. The van der Waals surface area contributed by atoms with E-state index < -0.39 is 11.9 Å². The molecular formula is C24H21N3O5S. The summed E-state index contributed by atoms with van der Waals surface area (Å²) in [5.74, 6) is 0.624. The number of carbonyl (C=O) groups is 1. The standard InChI is InChI=1S/C24H21N3O5S/c1-5-18-25-26-24(33-18)27-20(13-7-9-16(30-3)17(11-13)31-4)19-21(28)14-10-12(2)6-8-15(14)32-22(19)23(27)29/h6-11,20H,5H2,1-4H3/t20-/m1/s1. The molecule has 5 rings (SSSR count). The van der Waals surface area contributed by atoms with Crippen molar-refractivity contribution in [3.8, 4) is 11.5 Å². The Kier molecular flexibility index (Phi) is 5.13. The zero-order valence-electron chi connectivity index (χ0n) is 18.5. The van der Waals surface area contributed by atoms with E-state index in [0.717, 1.165) is 10.6 Å². The number of anilines is 1. The van der Waals surface area contributed by atoms with Crippen LogP contribution in [-0.2, 0) is 6.42 Å². The van der Waals surface area contributed by atoms with Gasteiger partial charge in [-0.05, 0) is 43.2 Å². The number of amides is 1. The summed E-state index contributed by atoms with van der Waals surface area (Å²) in [5, 5.41) is 10.0. The molecule has 0 unspecified atom stereocenters. The van der Waals surface area contributed by atoms with Crippen molar-refractivity contribution < 1.29 is 18.7 Å². The van der Waals surface area contributed by atoms with Crippen LogP contribution in [-0.4, -0.2) is 30.3 Å². The number of ether oxygens (including phenoxy) is 2. The van der Waals surface area contributed by atoms with Gasteiger partial charge in [-0.1, -0.05) is 36.0 Å². The van der Waals surface area contributed by atoms with Gasteiger partial charge in [-0.3, -0.25) is 14.5 Å². The molecule has 1 atom stereocenters. The molecule has 2 aromatic heterocycles. The normalized spacial score (nSPS) is 15.2. The predicted molar refractivity (Wildman–Crippen MR) is 125 cm³/mol. The van der Waals surface area contributed by atoms with Gasteiger partial charge in [-0.15, -0.1) is 10.2 Å². The summed E-state index contributed by atoms with van der Waals surface area (Å²) in [6.45, 7) is 3.87. The minimum Gasteiger partial charge on any atom is -0.493 e. The van der Waals surface area contributed by atoms with Crippen molar-refractivity contribution in [2.75, 3.05) is 19.1 Å². The summed E-state index contributed by atoms with van der Waals surface area (Å²) in [4.78, 5) is 28.8. The van der Waals surface area contributed by atoms with Gasteiger partial charge in [0.25, 0.3) is 5.91 Å². The van der Waals surface area contributed by atoms with E-state index in [9.17, 15) is 9.59 Å². The largest absolute Gasteiger partial charge is 0.493 e. The Morgan fingerprint density at radius 2 is 1.85 bits per heavy atom. The molecule has 1 amide bonds. The number of hydrogen-bond acceptors (Lipinski definition) is 8. The molecule has 0 fully saturated rings. The Morgan fingerprint density at radius 3 is 2.55 bits per heavy atom. The molecule has 0 spiro atoms. The molecule has 1 aliphatic rings. The first-order valence-electron chi connectivity index (χ1n) is 10.4. The predicted octanol–water partition coefficient (Wildman–Crippen LogP) is 4.28. The van der Waals surface area contributed by atoms with Gasteiger partial charge in [0.1, 0.15) is 10.6 Å². The van der Waals surface area contributed by atoms with Crippen LogP contribution in [0.1, 0.15) is 45.2 Å². The van der Waals surface area contributed by atoms with Crippen molar-refractivity contribution in [2.45, 2.75) is 26.3 Å². The van der Waals surface area contributed by atoms with Gasteiger partial charge in [0, 0.05) is 0 Å². The number of methoxy groups -OCH3 is 2. The van der Waals surface area contributed by atoms with Crippen molar-refractivity contribution in [3.63, 3.8) is 0 Å². The van der Waals surface area contributed by atoms with Gasteiger partial charge in [-0.2, -0.15) is 0 Å². The van der Waals surface area contributed by atoms with Crippen LogP contribution in [0.25, 0.3) is 11.0 Å². The molecule has 168 valence electrons. The number of rotatable bonds is 5. The first-order valence-corrected chi connectivity index (χ1v) is 11.2. The highest BCUT2D eigenvalue weighted by Crippen LogP contribution is 2.44. The number of aromatic nitrogens is 2. The summed E-state index contributed by atoms with van der Waals surface area (Å²) in [6.07, 6.45) is 0.689. The molecular weight excluding hydrogens is 442 g/mol. The number of aryl methyl sites for hydroxylation is 2. The van der Waals surface area contributed by atoms with E-state index in [-0.39, 0.29) is 16.8 Å². The first-order chi connectivity index (χ1) is 16.0. The quantitative estimate of drug-likeness (QED) is 0.436. The van der Waals surface area contributed by atoms with Crippen LogP contribution in [0.15, 0.2) is 45.6 Å². The molecule has 0 radical (unpaired) electrons. The Labute approximate surface area is 193 Å². The van der Waals surface area contributed by atoms with Crippen molar-refractivity contribution in [1.29, 1.82) is 0 Å². The van der Waals surface area contributed by atoms with E-state index in [1.807, 2.05) is 26.0 Å². The van der Waals surface area contributed by atoms with Crippen LogP contribution in [0.3, 0.4) is 0 Å². The molecule has 0 aliphatic carbocycles. The average Bonchev–Trinajstić information content (AvgIpc) is 3.41. The fraction of sp³-hybridized carbons (Fsp3) is 0.250. The van der Waals surface area contributed by atoms with Gasteiger partial charge in [0.2, 0.25) is 10.9 Å². The minimum atomic E-state index is -0.744. The maximum atomic E-state index is 13.7. The molecule has 3 heterocycles. The lowest BCUT2D eigenvalue weighted by molar-refractivity contribution is 0.0970. The molecule has 0 saturated heterocycles. The van der Waals surface area contributed by atoms with E-state index in [1.54, 1.807) is 31.4 Å². The summed E-state index contributed by atoms with van der Waals surface area (Å²) >= 11 is 1.32. The Balaban J connectivity index is 1.80. The molecule has 0 bridgehead atoms. The number of benzene rings is 2. The van der Waals surface area contributed by atoms with Crippen LogP contribution in [0.5, 0.6) is 11.5 Å². The highest BCUT2D eigenvalue weighted by molar-refractivity contribution is 7.15. The van der Waals surface area contributed by atoms with E-state index in [0.29, 0.717) is 39.6 Å². The third kappa shape index (κ3) is 3.27. The van der Waals surface area contributed by atoms with Crippen molar-refractivity contribution >= 4 is 33.3 Å². The smallest absolute Gasteiger partial charge is 0.297 e. The van der Waals surface area contributed by atoms with Crippen LogP contribution >= 0.6 is 11.3 Å². The number of nitrogens with zero attached hydrogens (tertiary/aromatic N) is 3. The lowest BCUT2D eigenvalue weighted by Crippen LogP contribution is -2.29. The molecule has 4 aromatic rings. The zero-order chi connectivity index (χ0) is 23.3. The Hall–Kier alpha value is -3.72. The third-order valence-electron chi connectivity index (χ3n) is 5.71. The van der Waals surface area contributed by atoms with Crippen LogP contribution in [0.4, 0.5) is 5.13 Å². The number of fused-ring (bicyclic) bond motifs is 2. The van der Waals surface area contributed by atoms with E-state index in [2.05, 4.69) is 10.2 Å². The van der Waals surface area contributed by atoms with Crippen molar-refractivity contribution in [3.05, 3.63) is 74.1 Å². The van der Waals surface area contributed by atoms with Crippen LogP contribution < -0.4 is 19.8 Å². The molecule has 33 heavy (non-hydrogen) atoms. The fourth-order valence-corrected chi connectivity index (χ4v) is 4.91. The summed E-state index contributed by atoms with van der Waals surface area (Å²) < 4.78 is 16.8. The van der Waals surface area contributed by atoms with Crippen molar-refractivity contribution in [2.24, 2.45) is 0 Å². The van der Waals surface area contributed by atoms with Crippen LogP contribution in [0.2, 0.25) is 0 Å². The summed E-state index contributed by atoms with van der Waals surface area (Å²) in [5.41, 5.74) is 2.00. The van der Waals surface area contributed by atoms with Gasteiger partial charge >= 0.3 is 0 Å². The minimum absolute atomic E-state index is 0.0180. The highest BCUT2D eigenvalue weighted by atomic mass is 32.1. The first kappa shape index (κ1) is 21.1. The van der Waals surface area contributed by atoms with E-state index in [1.165, 1.54) is 23.3 Å². The second kappa shape index (κ2) is 8.00. The number of hydrogen-bond donors (Lipinski definition) is 0. The SMILES string of the molecule is CCc1nnc(N2C(=O)c3oc4ccc(C)cc4c(=O)c3[C@H]2c2ccc(OC)c(OC)c2)s1. The van der Waals surface area contributed by atoms with Gasteiger partial charge in [-0.25, -0.2) is 0 Å². The molecule has 9 heteroatoms. The van der Waals surface area contributed by atoms with Gasteiger partial charge in [0.05, 0.1) is 31.2 Å². The maximum Gasteiger partial charge on any atom is 0.297 e. The van der Waals surface area contributed by atoms with Gasteiger partial charge in [0.15, 0.2) is 16.9 Å². The zero-order valence-corrected chi connectivity index (χ0v) is 19.4. The lowest BCUT2D eigenvalue weighted by atomic mass is 9.98. The Bertz CT molecular complexity index is 1460. The molecule has 8 nitrogen and oxygen atoms in total. The summed E-state index contributed by atoms with van der Waals surface area (Å²) in [6, 6.07) is 9.92. The maximum absolute atomic E-state index is 13.7. The lowest BCUT2D eigenvalue weighted by Gasteiger charge is -2.23. The summed E-state index contributed by atoms with van der Waals surface area (Å²) in [7, 11) is 3.09. The number of carbonyl (C=O) groups excluding carboxylic acids is 1. The van der Waals surface area contributed by atoms with Crippen LogP contribution in [0, 0.1) is 6.92 Å². The average molecular weight is 464 g/mol. The third-order valence-corrected chi connectivity index (χ3v) is 6.78. The molecule has 1 aliphatic heterocycles. The van der Waals surface area contributed by atoms with E-state index in [4.69, 9.17) is 13.9 Å². The van der Waals surface area contributed by atoms with Gasteiger partial charge < -0.3 is 13.9 Å². The highest BCUT2D eigenvalue weighted by Gasteiger charge is 2.45. The topological polar surface area (TPSA) is 94.8 Å². The van der Waals surface area contributed by atoms with E-state index >= 15 is 0 Å². The second-order valence-corrected chi connectivity index (χ2v) is 8.74. The molecule has 2 aromatic carbocycles. The Morgan fingerprint density at radius 1 is 1.06 bits per heavy atom. The monoisotopic (exact) mass is 463 g/mol. The fourth-order valence-electron chi connectivity index (χ4n) is 4.11.